The number of allylic oxidation sites excluding steroid dienone is 6. The van der Waals surface area contributed by atoms with Crippen molar-refractivity contribution in [3.05, 3.63) is 92.6 Å². The highest BCUT2D eigenvalue weighted by molar-refractivity contribution is 6.25. The number of aromatic hydroxyl groups is 1. The van der Waals surface area contributed by atoms with Gasteiger partial charge in [-0.15, -0.1) is 0 Å². The largest absolute Gasteiger partial charge is 0.507 e. The third kappa shape index (κ3) is 3.63. The number of rotatable bonds is 4. The highest BCUT2D eigenvalue weighted by Gasteiger charge is 2.57. The molecule has 4 aliphatic rings. The Morgan fingerprint density at radius 3 is 2.52 bits per heavy atom. The molecule has 0 aromatic heterocycles. The van der Waals surface area contributed by atoms with Crippen LogP contribution >= 0.6 is 0 Å². The van der Waals surface area contributed by atoms with Gasteiger partial charge < -0.3 is 9.84 Å². The number of ether oxygens (including phenoxy) is 1. The summed E-state index contributed by atoms with van der Waals surface area (Å²) < 4.78 is 5.22. The molecule has 6 rings (SSSR count). The number of carbonyl (C=O) groups is 4. The number of carbonyl (C=O) groups excluding carboxylic acids is 4. The van der Waals surface area contributed by atoms with E-state index in [2.05, 4.69) is 0 Å². The molecule has 1 saturated heterocycles. The fraction of sp³-hybridized carbons (Fsp3) is 0.267. The van der Waals surface area contributed by atoms with Gasteiger partial charge in [-0.05, 0) is 43.9 Å². The maximum atomic E-state index is 13.9. The zero-order chi connectivity index (χ0) is 28.5. The lowest BCUT2D eigenvalue weighted by Gasteiger charge is -2.42. The minimum absolute atomic E-state index is 0.0892. The third-order valence-electron chi connectivity index (χ3n) is 8.41. The molecule has 0 saturated carbocycles. The van der Waals surface area contributed by atoms with E-state index in [0.717, 1.165) is 4.90 Å². The Kier molecular flexibility index (Phi) is 5.79. The fourth-order valence-corrected chi connectivity index (χ4v) is 6.61. The lowest BCUT2D eigenvalue weighted by molar-refractivity contribution is -0.384. The van der Waals surface area contributed by atoms with Crippen molar-refractivity contribution in [1.29, 1.82) is 0 Å². The number of hydrogen-bond acceptors (Lipinski definition) is 8. The summed E-state index contributed by atoms with van der Waals surface area (Å²) in [7, 11) is 1.46. The normalized spacial score (nSPS) is 25.7. The van der Waals surface area contributed by atoms with Crippen molar-refractivity contribution in [2.45, 2.75) is 25.7 Å². The number of benzene rings is 2. The lowest BCUT2D eigenvalue weighted by Crippen LogP contribution is -2.39. The van der Waals surface area contributed by atoms with Gasteiger partial charge in [0.1, 0.15) is 11.5 Å². The maximum Gasteiger partial charge on any atom is 0.271 e. The van der Waals surface area contributed by atoms with E-state index in [9.17, 15) is 34.4 Å². The molecule has 0 bridgehead atoms. The molecule has 0 spiro atoms. The minimum Gasteiger partial charge on any atom is -0.507 e. The van der Waals surface area contributed by atoms with Gasteiger partial charge in [-0.2, -0.15) is 0 Å². The van der Waals surface area contributed by atoms with Gasteiger partial charge in [-0.25, -0.2) is 4.90 Å². The predicted octanol–water partition coefficient (Wildman–Crippen LogP) is 3.94. The first kappa shape index (κ1) is 25.4. The van der Waals surface area contributed by atoms with E-state index in [1.54, 1.807) is 19.1 Å². The van der Waals surface area contributed by atoms with Gasteiger partial charge in [0.15, 0.2) is 11.6 Å². The monoisotopic (exact) mass is 540 g/mol. The summed E-state index contributed by atoms with van der Waals surface area (Å²) in [6, 6.07) is 10.1. The van der Waals surface area contributed by atoms with Crippen LogP contribution in [-0.2, 0) is 19.2 Å². The Hall–Kier alpha value is -4.86. The van der Waals surface area contributed by atoms with Crippen molar-refractivity contribution in [2.24, 2.45) is 17.8 Å². The van der Waals surface area contributed by atoms with Crippen LogP contribution in [0.25, 0.3) is 0 Å². The van der Waals surface area contributed by atoms with Crippen molar-refractivity contribution >= 4 is 34.8 Å². The molecule has 1 fully saturated rings. The number of phenolic OH excluding ortho intramolecular Hbond substituents is 1. The van der Waals surface area contributed by atoms with E-state index in [1.165, 1.54) is 43.5 Å². The molecule has 10 nitrogen and oxygen atoms in total. The number of nitrogens with zero attached hydrogens (tertiary/aromatic N) is 2. The van der Waals surface area contributed by atoms with Gasteiger partial charge in [0, 0.05) is 46.4 Å². The molecule has 3 aliphatic carbocycles. The van der Waals surface area contributed by atoms with Crippen molar-refractivity contribution in [2.75, 3.05) is 12.0 Å². The van der Waals surface area contributed by atoms with Crippen LogP contribution in [0, 0.1) is 27.9 Å². The molecular weight excluding hydrogens is 516 g/mol. The lowest BCUT2D eigenvalue weighted by atomic mass is 9.59. The predicted molar refractivity (Wildman–Crippen MR) is 142 cm³/mol. The third-order valence-corrected chi connectivity index (χ3v) is 8.41. The van der Waals surface area contributed by atoms with Crippen molar-refractivity contribution in [3.63, 3.8) is 0 Å². The van der Waals surface area contributed by atoms with Gasteiger partial charge in [0.05, 0.1) is 29.6 Å². The Balaban J connectivity index is 1.48. The van der Waals surface area contributed by atoms with Crippen LogP contribution in [0.1, 0.15) is 31.2 Å². The molecule has 4 atom stereocenters. The molecule has 202 valence electrons. The number of imide groups is 1. The zero-order valence-corrected chi connectivity index (χ0v) is 21.6. The summed E-state index contributed by atoms with van der Waals surface area (Å²) in [5.41, 5.74) is 1.79. The number of nitro groups is 1. The van der Waals surface area contributed by atoms with Gasteiger partial charge in [0.25, 0.3) is 5.69 Å². The highest BCUT2D eigenvalue weighted by atomic mass is 16.6. The molecule has 2 aromatic carbocycles. The van der Waals surface area contributed by atoms with E-state index < -0.39 is 40.4 Å². The molecule has 10 heteroatoms. The second-order valence-electron chi connectivity index (χ2n) is 10.4. The molecule has 1 N–H and O–H groups in total. The molecule has 1 aliphatic heterocycles. The SMILES string of the molecule is COc1ccc(C2C3=CCC4C(=O)N(c5cccc([N+](=O)[O-])c5)C(=O)C4C3CC3=C2C(=O)C(C)=CC3=O)c(O)c1. The summed E-state index contributed by atoms with van der Waals surface area (Å²) in [6.45, 7) is 1.57. The molecule has 1 heterocycles. The molecule has 40 heavy (non-hydrogen) atoms. The number of non-ortho nitro benzene ring substituents is 1. The number of phenols is 1. The number of nitro benzene ring substituents is 1. The summed E-state index contributed by atoms with van der Waals surface area (Å²) >= 11 is 0. The second kappa shape index (κ2) is 9.11. The summed E-state index contributed by atoms with van der Waals surface area (Å²) in [5.74, 6) is -4.26. The Labute approximate surface area is 228 Å². The number of hydrogen-bond donors (Lipinski definition) is 1. The minimum atomic E-state index is -0.835. The number of Topliss-reactive ketones (excluding diaryl/α,β-unsaturated/α-hetero) is 1. The molecular formula is C30H24N2O8. The summed E-state index contributed by atoms with van der Waals surface area (Å²) in [4.78, 5) is 65.9. The van der Waals surface area contributed by atoms with Gasteiger partial charge in [0.2, 0.25) is 11.8 Å². The standard InChI is InChI=1S/C30H24N2O8/c1-14-10-23(33)22-13-21-18(25(27(22)28(14)35)19-7-6-17(40-2)12-24(19)34)8-9-20-26(21)30(37)31(29(20)36)15-4-3-5-16(11-15)32(38)39/h3-8,10-12,20-21,25-26,34H,9,13H2,1-2H3. The highest BCUT2D eigenvalue weighted by Crippen LogP contribution is 2.56. The van der Waals surface area contributed by atoms with E-state index in [-0.39, 0.29) is 52.7 Å². The smallest absolute Gasteiger partial charge is 0.271 e. The average Bonchev–Trinajstić information content (AvgIpc) is 3.20. The maximum absolute atomic E-state index is 13.9. The van der Waals surface area contributed by atoms with Gasteiger partial charge >= 0.3 is 0 Å². The van der Waals surface area contributed by atoms with Crippen LogP contribution in [0.4, 0.5) is 11.4 Å². The first-order chi connectivity index (χ1) is 19.1. The molecule has 2 amide bonds. The van der Waals surface area contributed by atoms with E-state index in [4.69, 9.17) is 4.74 Å². The first-order valence-corrected chi connectivity index (χ1v) is 12.8. The van der Waals surface area contributed by atoms with Crippen molar-refractivity contribution < 1.29 is 33.9 Å². The second-order valence-corrected chi connectivity index (χ2v) is 10.4. The molecule has 0 radical (unpaired) electrons. The van der Waals surface area contributed by atoms with Gasteiger partial charge in [-0.3, -0.25) is 29.3 Å². The van der Waals surface area contributed by atoms with Crippen LogP contribution < -0.4 is 9.64 Å². The van der Waals surface area contributed by atoms with Crippen LogP contribution in [0.3, 0.4) is 0 Å². The first-order valence-electron chi connectivity index (χ1n) is 12.8. The molecule has 4 unspecified atom stereocenters. The quantitative estimate of drug-likeness (QED) is 0.202. The van der Waals surface area contributed by atoms with Gasteiger partial charge in [-0.1, -0.05) is 23.8 Å². The number of amides is 2. The Bertz CT molecular complexity index is 1650. The van der Waals surface area contributed by atoms with E-state index in [1.807, 2.05) is 6.08 Å². The summed E-state index contributed by atoms with van der Waals surface area (Å²) in [6.07, 6.45) is 3.43. The zero-order valence-electron chi connectivity index (χ0n) is 21.6. The van der Waals surface area contributed by atoms with Crippen LogP contribution in [0.5, 0.6) is 11.5 Å². The number of ketones is 2. The molecule has 2 aromatic rings. The number of fused-ring (bicyclic) bond motifs is 3. The fourth-order valence-electron chi connectivity index (χ4n) is 6.61. The van der Waals surface area contributed by atoms with Crippen LogP contribution in [0.2, 0.25) is 0 Å². The van der Waals surface area contributed by atoms with Crippen molar-refractivity contribution in [1.82, 2.24) is 0 Å². The Morgan fingerprint density at radius 2 is 1.82 bits per heavy atom. The number of anilines is 1. The van der Waals surface area contributed by atoms with E-state index in [0.29, 0.717) is 22.5 Å². The average molecular weight is 541 g/mol. The van der Waals surface area contributed by atoms with E-state index >= 15 is 0 Å². The topological polar surface area (TPSA) is 144 Å². The van der Waals surface area contributed by atoms with Crippen molar-refractivity contribution in [3.8, 4) is 11.5 Å². The van der Waals surface area contributed by atoms with Crippen LogP contribution in [0.15, 0.2) is 76.9 Å². The van der Waals surface area contributed by atoms with Crippen LogP contribution in [-0.4, -0.2) is 40.5 Å². The number of methoxy groups -OCH3 is 1. The summed E-state index contributed by atoms with van der Waals surface area (Å²) in [5, 5.41) is 22.3. The Morgan fingerprint density at radius 1 is 1.05 bits per heavy atom.